The summed E-state index contributed by atoms with van der Waals surface area (Å²) in [7, 11) is -0.229. The fourth-order valence-corrected chi connectivity index (χ4v) is 5.21. The van der Waals surface area contributed by atoms with E-state index < -0.39 is 82.6 Å². The molecule has 2 aromatic carbocycles. The summed E-state index contributed by atoms with van der Waals surface area (Å²) in [5.41, 5.74) is -5.79. The largest absolute Gasteiger partial charge is 0.525 e. The van der Waals surface area contributed by atoms with Crippen LogP contribution in [-0.4, -0.2) is 72.0 Å². The second-order valence-electron chi connectivity index (χ2n) is 13.7. The lowest BCUT2D eigenvalue weighted by molar-refractivity contribution is -0.406. The molecule has 14 heteroatoms. The third kappa shape index (κ3) is 8.32. The van der Waals surface area contributed by atoms with Crippen molar-refractivity contribution in [3.05, 3.63) is 59.1 Å². The van der Waals surface area contributed by atoms with E-state index in [2.05, 4.69) is 0 Å². The maximum Gasteiger partial charge on any atom is 0.525 e. The summed E-state index contributed by atoms with van der Waals surface area (Å²) >= 11 is 0. The van der Waals surface area contributed by atoms with Crippen molar-refractivity contribution in [1.29, 1.82) is 0 Å². The van der Waals surface area contributed by atoms with Gasteiger partial charge < -0.3 is 23.7 Å². The van der Waals surface area contributed by atoms with E-state index in [4.69, 9.17) is 18.8 Å². The lowest BCUT2D eigenvalue weighted by atomic mass is 9.86. The number of benzene rings is 2. The van der Waals surface area contributed by atoms with Gasteiger partial charge in [0.15, 0.2) is 23.3 Å². The van der Waals surface area contributed by atoms with Crippen molar-refractivity contribution in [1.82, 2.24) is 4.90 Å². The number of likely N-dealkylation sites (tertiary alicyclic amines) is 1. The van der Waals surface area contributed by atoms with Gasteiger partial charge in [0.25, 0.3) is 0 Å². The lowest BCUT2D eigenvalue weighted by Crippen LogP contribution is -2.47. The highest BCUT2D eigenvalue weighted by molar-refractivity contribution is 6.54. The molecule has 0 saturated carbocycles. The average molecular weight is 669 g/mol. The molecular weight excluding hydrogens is 629 g/mol. The topological polar surface area (TPSA) is 60.2 Å². The number of hydrogen-bond donors (Lipinski definition) is 0. The number of halogens is 6. The number of rotatable bonds is 6. The highest BCUT2D eigenvalue weighted by Gasteiger charge is 2.53. The molecule has 2 aliphatic rings. The summed E-state index contributed by atoms with van der Waals surface area (Å²) in [6, 6.07) is 7.11. The Hall–Kier alpha value is -3.52. The molecule has 2 atom stereocenters. The Labute approximate surface area is 271 Å². The molecule has 1 unspecified atom stereocenters. The van der Waals surface area contributed by atoms with E-state index in [1.807, 2.05) is 0 Å². The molecule has 4 rings (SSSR count). The highest BCUT2D eigenvalue weighted by atomic mass is 19.4. The quantitative estimate of drug-likeness (QED) is 0.134. The van der Waals surface area contributed by atoms with Crippen LogP contribution < -0.4 is 4.74 Å². The number of ether oxygens (including phenoxy) is 2. The van der Waals surface area contributed by atoms with Crippen molar-refractivity contribution in [3.63, 3.8) is 0 Å². The molecular formula is C33H40BF6N2O5+. The summed E-state index contributed by atoms with van der Waals surface area (Å²) < 4.78 is 114. The molecule has 2 fully saturated rings. The van der Waals surface area contributed by atoms with E-state index in [-0.39, 0.29) is 25.1 Å². The number of nitrogens with zero attached hydrogens (tertiary/aromatic N) is 2. The summed E-state index contributed by atoms with van der Waals surface area (Å²) in [5.74, 6) is -3.02. The van der Waals surface area contributed by atoms with Gasteiger partial charge in [0.05, 0.1) is 23.7 Å². The fraction of sp³-hybridized carbons (Fsp3) is 0.515. The van der Waals surface area contributed by atoms with E-state index in [9.17, 15) is 22.4 Å². The third-order valence-corrected chi connectivity index (χ3v) is 8.29. The Bertz CT molecular complexity index is 1540. The van der Waals surface area contributed by atoms with Gasteiger partial charge in [0, 0.05) is 12.1 Å². The molecule has 0 aliphatic carbocycles. The number of piperidine rings is 1. The Morgan fingerprint density at radius 2 is 1.66 bits per heavy atom. The van der Waals surface area contributed by atoms with Crippen LogP contribution in [0.25, 0.3) is 6.08 Å². The molecule has 0 N–H and O–H groups in total. The van der Waals surface area contributed by atoms with Gasteiger partial charge in [-0.3, -0.25) is 0 Å². The molecule has 2 heterocycles. The summed E-state index contributed by atoms with van der Waals surface area (Å²) in [4.78, 5) is 13.7. The number of carbonyl (C=O) groups is 1. The first-order valence-electron chi connectivity index (χ1n) is 15.2. The Morgan fingerprint density at radius 3 is 2.21 bits per heavy atom. The summed E-state index contributed by atoms with van der Waals surface area (Å²) in [5, 5.41) is 0. The highest BCUT2D eigenvalue weighted by Crippen LogP contribution is 2.47. The number of amides is 1. The average Bonchev–Trinajstić information content (AvgIpc) is 3.16. The minimum absolute atomic E-state index is 0.0744. The van der Waals surface area contributed by atoms with Gasteiger partial charge in [-0.15, -0.1) is 0 Å². The third-order valence-electron chi connectivity index (χ3n) is 8.29. The monoisotopic (exact) mass is 669 g/mol. The van der Waals surface area contributed by atoms with Gasteiger partial charge in [0.2, 0.25) is 5.69 Å². The lowest BCUT2D eigenvalue weighted by Gasteiger charge is -2.33. The van der Waals surface area contributed by atoms with Crippen LogP contribution in [0.15, 0.2) is 42.1 Å². The summed E-state index contributed by atoms with van der Waals surface area (Å²) in [6.45, 7) is 11.6. The molecule has 1 amide bonds. The smallest absolute Gasteiger partial charge is 0.453 e. The molecule has 47 heavy (non-hydrogen) atoms. The Balaban J connectivity index is 1.79. The first-order chi connectivity index (χ1) is 21.6. The van der Waals surface area contributed by atoms with Gasteiger partial charge in [-0.05, 0) is 85.2 Å². The second kappa shape index (κ2) is 13.2. The van der Waals surface area contributed by atoms with E-state index in [0.717, 1.165) is 22.8 Å². The van der Waals surface area contributed by atoms with Crippen LogP contribution in [0.1, 0.15) is 66.0 Å². The van der Waals surface area contributed by atoms with Crippen LogP contribution in [-0.2, 0) is 20.2 Å². The minimum atomic E-state index is -5.09. The molecule has 0 spiro atoms. The number of para-hydroxylation sites is 1. The van der Waals surface area contributed by atoms with Gasteiger partial charge in [-0.25, -0.2) is 22.5 Å². The number of carbonyl (C=O) groups excluding carboxylic acids is 1. The molecule has 0 bridgehead atoms. The predicted molar refractivity (Wildman–Crippen MR) is 166 cm³/mol. The normalized spacial score (nSPS) is 22.0. The second-order valence-corrected chi connectivity index (χ2v) is 13.7. The van der Waals surface area contributed by atoms with Gasteiger partial charge in [-0.2, -0.15) is 13.2 Å². The van der Waals surface area contributed by atoms with Crippen LogP contribution in [0.2, 0.25) is 0 Å². The maximum atomic E-state index is 15.7. The van der Waals surface area contributed by atoms with Gasteiger partial charge in [-0.1, -0.05) is 12.1 Å². The molecule has 256 valence electrons. The Kier molecular flexibility index (Phi) is 10.2. The summed E-state index contributed by atoms with van der Waals surface area (Å²) in [6.07, 6.45) is -5.23. The first kappa shape index (κ1) is 36.3. The van der Waals surface area contributed by atoms with Gasteiger partial charge in [0.1, 0.15) is 30.3 Å². The van der Waals surface area contributed by atoms with E-state index in [0.29, 0.717) is 0 Å². The molecule has 7 nitrogen and oxygen atoms in total. The van der Waals surface area contributed by atoms with E-state index in [1.165, 1.54) is 42.4 Å². The van der Waals surface area contributed by atoms with Crippen molar-refractivity contribution < 1.29 is 54.5 Å². The maximum absolute atomic E-state index is 15.7. The number of hydrogen-bond acceptors (Lipinski definition) is 5. The zero-order valence-electron chi connectivity index (χ0n) is 27.7. The molecule has 2 saturated heterocycles. The standard InChI is InChI=1S/C33H40BF6N2O5/c1-30(2,3)45-29(43)42-16-15-21(23(36)19-42)18-41(8)28-20(17-26(37)34-46-31(4,5)32(6,7)47-34)13-14-25(27(28)33(38,39)40)44-24-12-10-9-11-22(24)35/h9-14,17-18,21,23H,15-16,19H2,1-8H3/q+1/b26-17-,41-18?/t21?,23-/m1/s1. The van der Waals surface area contributed by atoms with Crippen molar-refractivity contribution in [2.75, 3.05) is 20.1 Å². The SMILES string of the molecule is C[N+](=CC1CCN(C(=O)OC(C)(C)C)C[C@H]1F)c1c(/C=C(\F)B2OC(C)(C)C(C)(C)O2)ccc(Oc2ccccc2F)c1C(F)(F)F. The molecule has 0 radical (unpaired) electrons. The van der Waals surface area contributed by atoms with Crippen molar-refractivity contribution >= 4 is 31.2 Å². The zero-order valence-corrected chi connectivity index (χ0v) is 27.7. The number of alkyl halides is 4. The zero-order chi connectivity index (χ0) is 35.1. The van der Waals surface area contributed by atoms with Crippen LogP contribution >= 0.6 is 0 Å². The first-order valence-corrected chi connectivity index (χ1v) is 15.2. The minimum Gasteiger partial charge on any atom is -0.453 e. The van der Waals surface area contributed by atoms with Crippen LogP contribution in [0.5, 0.6) is 11.5 Å². The predicted octanol–water partition coefficient (Wildman–Crippen LogP) is 8.52. The van der Waals surface area contributed by atoms with Crippen LogP contribution in [0, 0.1) is 11.7 Å². The van der Waals surface area contributed by atoms with Crippen LogP contribution in [0.3, 0.4) is 0 Å². The molecule has 2 aromatic rings. The van der Waals surface area contributed by atoms with Crippen molar-refractivity contribution in [2.24, 2.45) is 5.92 Å². The van der Waals surface area contributed by atoms with Gasteiger partial charge >= 0.3 is 19.4 Å². The van der Waals surface area contributed by atoms with E-state index in [1.54, 1.807) is 48.5 Å². The Morgan fingerprint density at radius 1 is 1.04 bits per heavy atom. The van der Waals surface area contributed by atoms with Crippen LogP contribution in [0.4, 0.5) is 36.8 Å². The van der Waals surface area contributed by atoms with Crippen molar-refractivity contribution in [3.8, 4) is 11.5 Å². The van der Waals surface area contributed by atoms with E-state index >= 15 is 8.78 Å². The molecule has 0 aromatic heterocycles. The molecule has 2 aliphatic heterocycles. The van der Waals surface area contributed by atoms with Crippen molar-refractivity contribution in [2.45, 2.75) is 84.0 Å². The fourth-order valence-electron chi connectivity index (χ4n) is 5.21.